The van der Waals surface area contributed by atoms with Gasteiger partial charge in [-0.15, -0.1) is 0 Å². The van der Waals surface area contributed by atoms with E-state index >= 15 is 0 Å². The third-order valence-corrected chi connectivity index (χ3v) is 4.25. The van der Waals surface area contributed by atoms with Crippen LogP contribution in [0.25, 0.3) is 0 Å². The van der Waals surface area contributed by atoms with Crippen molar-refractivity contribution in [2.45, 2.75) is 25.3 Å². The smallest absolute Gasteiger partial charge is 0.325 e. The second-order valence-electron chi connectivity index (χ2n) is 5.83. The summed E-state index contributed by atoms with van der Waals surface area (Å²) in [6.07, 6.45) is 5.30. The van der Waals surface area contributed by atoms with E-state index in [2.05, 4.69) is 15.1 Å². The highest BCUT2D eigenvalue weighted by atomic mass is 19.1. The zero-order valence-electron chi connectivity index (χ0n) is 14.2. The lowest BCUT2D eigenvalue weighted by atomic mass is 9.84. The molecule has 0 N–H and O–H groups in total. The van der Waals surface area contributed by atoms with Crippen LogP contribution in [-0.4, -0.2) is 26.9 Å². The summed E-state index contributed by atoms with van der Waals surface area (Å²) in [6.45, 7) is 1.96. The number of halogens is 3. The summed E-state index contributed by atoms with van der Waals surface area (Å²) in [7, 11) is 1.38. The van der Waals surface area contributed by atoms with E-state index in [0.29, 0.717) is 0 Å². The number of hydrogen-bond acceptors (Lipinski definition) is 4. The van der Waals surface area contributed by atoms with Crippen LogP contribution in [0.1, 0.15) is 30.0 Å². The van der Waals surface area contributed by atoms with E-state index in [-0.39, 0.29) is 17.8 Å². The third-order valence-electron chi connectivity index (χ3n) is 4.25. The first-order valence-electron chi connectivity index (χ1n) is 7.88. The zero-order valence-corrected chi connectivity index (χ0v) is 14.2. The van der Waals surface area contributed by atoms with E-state index in [4.69, 9.17) is 4.84 Å². The van der Waals surface area contributed by atoms with E-state index in [9.17, 15) is 13.2 Å². The summed E-state index contributed by atoms with van der Waals surface area (Å²) in [6, 6.07) is 3.34. The van der Waals surface area contributed by atoms with Gasteiger partial charge in [0.05, 0.1) is 6.54 Å². The van der Waals surface area contributed by atoms with Crippen LogP contribution < -0.4 is 9.57 Å². The molecule has 26 heavy (non-hydrogen) atoms. The minimum atomic E-state index is -0.703. The third kappa shape index (κ3) is 3.66. The predicted molar refractivity (Wildman–Crippen MR) is 84.4 cm³/mol. The van der Waals surface area contributed by atoms with E-state index < -0.39 is 29.3 Å². The molecule has 2 aromatic heterocycles. The molecule has 2 unspecified atom stereocenters. The molecule has 9 heteroatoms. The van der Waals surface area contributed by atoms with Crippen molar-refractivity contribution in [3.8, 4) is 0 Å². The molecule has 0 saturated heterocycles. The molecule has 0 amide bonds. The fraction of sp³-hybridized carbons (Fsp3) is 0.294. The average Bonchev–Trinajstić information content (AvgIpc) is 3.13. The fourth-order valence-corrected chi connectivity index (χ4v) is 2.87. The number of benzene rings is 1. The Labute approximate surface area is 147 Å². The topological polar surface area (TPSA) is 56.7 Å². The zero-order chi connectivity index (χ0) is 18.7. The maximum Gasteiger partial charge on any atom is 0.325 e. The molecule has 0 fully saturated rings. The molecular formula is C17H17F3N5O+. The van der Waals surface area contributed by atoms with Crippen molar-refractivity contribution < 1.29 is 22.7 Å². The number of hydrogen-bond donors (Lipinski definition) is 0. The van der Waals surface area contributed by atoms with E-state index in [1.54, 1.807) is 6.92 Å². The van der Waals surface area contributed by atoms with Crippen LogP contribution in [0.2, 0.25) is 0 Å². The molecule has 0 bridgehead atoms. The van der Waals surface area contributed by atoms with Gasteiger partial charge in [-0.25, -0.2) is 13.8 Å². The minimum absolute atomic E-state index is 0.146. The first-order valence-corrected chi connectivity index (χ1v) is 7.88. The van der Waals surface area contributed by atoms with Crippen LogP contribution in [0.5, 0.6) is 0 Å². The van der Waals surface area contributed by atoms with Crippen LogP contribution in [-0.2, 0) is 6.54 Å². The van der Waals surface area contributed by atoms with Crippen molar-refractivity contribution >= 4 is 0 Å². The Morgan fingerprint density at radius 3 is 2.65 bits per heavy atom. The summed E-state index contributed by atoms with van der Waals surface area (Å²) >= 11 is 0. The second kappa shape index (κ2) is 7.51. The van der Waals surface area contributed by atoms with Crippen molar-refractivity contribution in [3.05, 3.63) is 72.1 Å². The Kier molecular flexibility index (Phi) is 5.15. The van der Waals surface area contributed by atoms with Gasteiger partial charge in [0, 0.05) is 17.9 Å². The molecule has 3 aromatic rings. The standard InChI is InChI=1S/C17H17F3N5O/c1-11(17-16(20)7-25(26-2)10-22-17)14(6-24-9-21-8-23-24)13-4-3-12(18)5-15(13)19/h3-5,7-11,14H,6H2,1-2H3/q+1. The molecule has 2 atom stereocenters. The van der Waals surface area contributed by atoms with E-state index in [1.165, 1.54) is 42.9 Å². The molecule has 0 saturated carbocycles. The van der Waals surface area contributed by atoms with Crippen LogP contribution in [0, 0.1) is 17.5 Å². The van der Waals surface area contributed by atoms with Crippen molar-refractivity contribution in [3.63, 3.8) is 0 Å². The normalized spacial score (nSPS) is 13.4. The van der Waals surface area contributed by atoms with Gasteiger partial charge in [0.2, 0.25) is 5.82 Å². The molecule has 2 heterocycles. The molecule has 6 nitrogen and oxygen atoms in total. The summed E-state index contributed by atoms with van der Waals surface area (Å²) in [5, 5.41) is 4.03. The maximum atomic E-state index is 14.5. The predicted octanol–water partition coefficient (Wildman–Crippen LogP) is 2.02. The SMILES string of the molecule is CO[n+]1cnc(C(C)C(Cn2cncn2)c2ccc(F)cc2F)c(F)c1. The van der Waals surface area contributed by atoms with Crippen molar-refractivity contribution in [1.29, 1.82) is 0 Å². The molecule has 0 aliphatic carbocycles. The molecule has 0 aliphatic heterocycles. The Morgan fingerprint density at radius 1 is 1.23 bits per heavy atom. The lowest BCUT2D eigenvalue weighted by Gasteiger charge is -2.23. The monoisotopic (exact) mass is 364 g/mol. The van der Waals surface area contributed by atoms with Gasteiger partial charge in [-0.1, -0.05) is 13.0 Å². The van der Waals surface area contributed by atoms with Crippen LogP contribution in [0.4, 0.5) is 13.2 Å². The molecule has 3 rings (SSSR count). The Bertz CT molecular complexity index is 888. The van der Waals surface area contributed by atoms with Gasteiger partial charge < -0.3 is 4.84 Å². The van der Waals surface area contributed by atoms with Crippen molar-refractivity contribution in [2.75, 3.05) is 7.11 Å². The van der Waals surface area contributed by atoms with Gasteiger partial charge in [-0.3, -0.25) is 4.68 Å². The lowest BCUT2D eigenvalue weighted by molar-refractivity contribution is -0.888. The quantitative estimate of drug-likeness (QED) is 0.628. The summed E-state index contributed by atoms with van der Waals surface area (Å²) < 4.78 is 44.8. The van der Waals surface area contributed by atoms with Crippen molar-refractivity contribution in [2.24, 2.45) is 0 Å². The van der Waals surface area contributed by atoms with E-state index in [0.717, 1.165) is 17.0 Å². The molecule has 0 spiro atoms. The highest BCUT2D eigenvalue weighted by Crippen LogP contribution is 2.35. The number of nitrogens with zero attached hydrogens (tertiary/aromatic N) is 5. The molecule has 0 radical (unpaired) electrons. The average molecular weight is 364 g/mol. The summed E-state index contributed by atoms with van der Waals surface area (Å²) in [4.78, 5) is 12.8. The highest BCUT2D eigenvalue weighted by Gasteiger charge is 2.31. The van der Waals surface area contributed by atoms with Gasteiger partial charge in [0.25, 0.3) is 0 Å². The molecule has 0 aliphatic rings. The van der Waals surface area contributed by atoms with E-state index in [1.807, 2.05) is 0 Å². The second-order valence-corrected chi connectivity index (χ2v) is 5.83. The molecule has 136 valence electrons. The fourth-order valence-electron chi connectivity index (χ4n) is 2.87. The van der Waals surface area contributed by atoms with Gasteiger partial charge in [0.15, 0.2) is 11.9 Å². The first-order chi connectivity index (χ1) is 12.5. The minimum Gasteiger partial charge on any atom is -0.339 e. The maximum absolute atomic E-state index is 14.5. The summed E-state index contributed by atoms with van der Waals surface area (Å²) in [5.74, 6) is -3.04. The Balaban J connectivity index is 2.02. The van der Waals surface area contributed by atoms with Crippen molar-refractivity contribution in [1.82, 2.24) is 19.7 Å². The summed E-state index contributed by atoms with van der Waals surface area (Å²) in [5.41, 5.74) is 0.395. The molecule has 1 aromatic carbocycles. The van der Waals surface area contributed by atoms with Gasteiger partial charge >= 0.3 is 6.33 Å². The highest BCUT2D eigenvalue weighted by molar-refractivity contribution is 5.27. The number of rotatable bonds is 6. The van der Waals surface area contributed by atoms with Crippen LogP contribution >= 0.6 is 0 Å². The largest absolute Gasteiger partial charge is 0.339 e. The molecular weight excluding hydrogens is 347 g/mol. The number of aromatic nitrogens is 5. The van der Waals surface area contributed by atoms with Gasteiger partial charge in [-0.05, 0) is 21.3 Å². The first kappa shape index (κ1) is 17.8. The Morgan fingerprint density at radius 2 is 2.04 bits per heavy atom. The van der Waals surface area contributed by atoms with Crippen LogP contribution in [0.3, 0.4) is 0 Å². The Hall–Kier alpha value is -2.97. The van der Waals surface area contributed by atoms with Crippen LogP contribution in [0.15, 0.2) is 43.4 Å². The lowest BCUT2D eigenvalue weighted by Crippen LogP contribution is -2.41. The van der Waals surface area contributed by atoms with Gasteiger partial charge in [-0.2, -0.15) is 9.49 Å². The van der Waals surface area contributed by atoms with Gasteiger partial charge in [0.1, 0.15) is 31.4 Å².